The lowest BCUT2D eigenvalue weighted by atomic mass is 10.1. The third kappa shape index (κ3) is 3.36. The summed E-state index contributed by atoms with van der Waals surface area (Å²) in [5.41, 5.74) is 3.20. The number of benzene rings is 2. The molecule has 0 spiro atoms. The Morgan fingerprint density at radius 1 is 0.952 bits per heavy atom. The molecule has 0 aromatic heterocycles. The van der Waals surface area contributed by atoms with Crippen molar-refractivity contribution < 1.29 is 8.42 Å². The minimum Gasteiger partial charge on any atom is -0.384 e. The third-order valence-electron chi connectivity index (χ3n) is 3.39. The molecule has 5 heteroatoms. The summed E-state index contributed by atoms with van der Waals surface area (Å²) in [7, 11) is -3.62. The predicted molar refractivity (Wildman–Crippen MR) is 87.3 cm³/mol. The molecule has 0 aliphatic heterocycles. The molecule has 4 nitrogen and oxygen atoms in total. The van der Waals surface area contributed by atoms with Crippen molar-refractivity contribution in [1.82, 2.24) is 0 Å². The first-order valence-electron chi connectivity index (χ1n) is 6.87. The molecular weight excluding hydrogens is 284 g/mol. The molecule has 0 aliphatic carbocycles. The highest BCUT2D eigenvalue weighted by molar-refractivity contribution is 7.92. The van der Waals surface area contributed by atoms with E-state index >= 15 is 0 Å². The van der Waals surface area contributed by atoms with E-state index in [1.165, 1.54) is 0 Å². The van der Waals surface area contributed by atoms with Crippen LogP contribution in [-0.2, 0) is 10.0 Å². The van der Waals surface area contributed by atoms with Crippen LogP contribution in [0.15, 0.2) is 47.4 Å². The first-order valence-corrected chi connectivity index (χ1v) is 8.36. The molecule has 2 aromatic rings. The number of rotatable bonds is 5. The zero-order chi connectivity index (χ0) is 15.5. The number of hydrogen-bond donors (Lipinski definition) is 2. The summed E-state index contributed by atoms with van der Waals surface area (Å²) in [6.45, 7) is 6.46. The van der Waals surface area contributed by atoms with Crippen LogP contribution in [0.3, 0.4) is 0 Å². The van der Waals surface area contributed by atoms with Gasteiger partial charge in [-0.25, -0.2) is 8.42 Å². The smallest absolute Gasteiger partial charge is 0.263 e. The van der Waals surface area contributed by atoms with Crippen molar-refractivity contribution in [2.45, 2.75) is 25.7 Å². The van der Waals surface area contributed by atoms with Gasteiger partial charge >= 0.3 is 0 Å². The summed E-state index contributed by atoms with van der Waals surface area (Å²) >= 11 is 0. The molecule has 0 bridgehead atoms. The highest BCUT2D eigenvalue weighted by atomic mass is 32.2. The van der Waals surface area contributed by atoms with Crippen LogP contribution in [0.1, 0.15) is 18.1 Å². The van der Waals surface area contributed by atoms with Crippen molar-refractivity contribution in [2.24, 2.45) is 0 Å². The maximum absolute atomic E-state index is 12.6. The summed E-state index contributed by atoms with van der Waals surface area (Å²) in [4.78, 5) is 0.257. The molecule has 0 unspecified atom stereocenters. The van der Waals surface area contributed by atoms with Gasteiger partial charge in [0.15, 0.2) is 0 Å². The van der Waals surface area contributed by atoms with Gasteiger partial charge < -0.3 is 5.32 Å². The normalized spacial score (nSPS) is 11.2. The highest BCUT2D eigenvalue weighted by Crippen LogP contribution is 2.26. The fourth-order valence-corrected chi connectivity index (χ4v) is 3.41. The number of anilines is 2. The molecule has 0 heterocycles. The Balaban J connectivity index is 2.41. The Bertz CT molecular complexity index is 740. The zero-order valence-electron chi connectivity index (χ0n) is 12.5. The standard InChI is InChI=1S/C16H20N2O2S/c1-4-17-15-9-5-6-11-16(15)21(19,20)18-14-10-7-8-12(2)13(14)3/h5-11,17-18H,4H2,1-3H3. The van der Waals surface area contributed by atoms with Gasteiger partial charge in [-0.1, -0.05) is 24.3 Å². The van der Waals surface area contributed by atoms with Crippen molar-refractivity contribution in [1.29, 1.82) is 0 Å². The maximum Gasteiger partial charge on any atom is 0.263 e. The topological polar surface area (TPSA) is 58.2 Å². The number of aryl methyl sites for hydroxylation is 1. The molecule has 112 valence electrons. The quantitative estimate of drug-likeness (QED) is 0.888. The van der Waals surface area contributed by atoms with Gasteiger partial charge in [0.25, 0.3) is 10.0 Å². The van der Waals surface area contributed by atoms with E-state index in [4.69, 9.17) is 0 Å². The predicted octanol–water partition coefficient (Wildman–Crippen LogP) is 3.54. The van der Waals surface area contributed by atoms with Crippen molar-refractivity contribution in [3.05, 3.63) is 53.6 Å². The maximum atomic E-state index is 12.6. The molecule has 0 saturated heterocycles. The first-order chi connectivity index (χ1) is 9.95. The van der Waals surface area contributed by atoms with Crippen LogP contribution in [0.5, 0.6) is 0 Å². The summed E-state index contributed by atoms with van der Waals surface area (Å²) < 4.78 is 27.9. The second-order valence-corrected chi connectivity index (χ2v) is 6.53. The van der Waals surface area contributed by atoms with Crippen molar-refractivity contribution in [3.8, 4) is 0 Å². The van der Waals surface area contributed by atoms with Crippen LogP contribution < -0.4 is 10.0 Å². The SMILES string of the molecule is CCNc1ccccc1S(=O)(=O)Nc1cccc(C)c1C. The second-order valence-electron chi connectivity index (χ2n) is 4.88. The number of sulfonamides is 1. The van der Waals surface area contributed by atoms with Crippen LogP contribution in [0.25, 0.3) is 0 Å². The van der Waals surface area contributed by atoms with Gasteiger partial charge in [-0.05, 0) is 50.1 Å². The Morgan fingerprint density at radius 2 is 1.62 bits per heavy atom. The van der Waals surface area contributed by atoms with Gasteiger partial charge in [0.05, 0.1) is 11.4 Å². The van der Waals surface area contributed by atoms with E-state index in [0.717, 1.165) is 11.1 Å². The molecule has 0 saturated carbocycles. The van der Waals surface area contributed by atoms with Gasteiger partial charge in [0.1, 0.15) is 4.90 Å². The van der Waals surface area contributed by atoms with Gasteiger partial charge in [-0.2, -0.15) is 0 Å². The molecule has 2 aromatic carbocycles. The lowest BCUT2D eigenvalue weighted by Crippen LogP contribution is -2.16. The average molecular weight is 304 g/mol. The van der Waals surface area contributed by atoms with Gasteiger partial charge in [0.2, 0.25) is 0 Å². The largest absolute Gasteiger partial charge is 0.384 e. The third-order valence-corrected chi connectivity index (χ3v) is 4.82. The van der Waals surface area contributed by atoms with Gasteiger partial charge in [-0.3, -0.25) is 4.72 Å². The Labute approximate surface area is 126 Å². The molecule has 0 amide bonds. The van der Waals surface area contributed by atoms with Crippen LogP contribution in [-0.4, -0.2) is 15.0 Å². The second kappa shape index (κ2) is 6.18. The van der Waals surface area contributed by atoms with E-state index in [-0.39, 0.29) is 4.90 Å². The molecule has 0 fully saturated rings. The van der Waals surface area contributed by atoms with Crippen LogP contribution in [0, 0.1) is 13.8 Å². The molecule has 2 rings (SSSR count). The van der Waals surface area contributed by atoms with E-state index in [2.05, 4.69) is 10.0 Å². The zero-order valence-corrected chi connectivity index (χ0v) is 13.3. The van der Waals surface area contributed by atoms with E-state index in [9.17, 15) is 8.42 Å². The van der Waals surface area contributed by atoms with E-state index < -0.39 is 10.0 Å². The molecule has 0 aliphatic rings. The summed E-state index contributed by atoms with van der Waals surface area (Å²) in [5.74, 6) is 0. The van der Waals surface area contributed by atoms with Crippen LogP contribution in [0.4, 0.5) is 11.4 Å². The first kappa shape index (κ1) is 15.4. The fourth-order valence-electron chi connectivity index (χ4n) is 2.10. The number of nitrogens with one attached hydrogen (secondary N) is 2. The number of para-hydroxylation sites is 1. The minimum atomic E-state index is -3.62. The molecule has 0 radical (unpaired) electrons. The molecular formula is C16H20N2O2S. The van der Waals surface area contributed by atoms with E-state index in [0.29, 0.717) is 17.9 Å². The van der Waals surface area contributed by atoms with Crippen molar-refractivity contribution in [3.63, 3.8) is 0 Å². The van der Waals surface area contributed by atoms with Crippen LogP contribution >= 0.6 is 0 Å². The van der Waals surface area contributed by atoms with Crippen molar-refractivity contribution >= 4 is 21.4 Å². The van der Waals surface area contributed by atoms with E-state index in [1.54, 1.807) is 24.3 Å². The Morgan fingerprint density at radius 3 is 2.33 bits per heavy atom. The monoisotopic (exact) mass is 304 g/mol. The highest BCUT2D eigenvalue weighted by Gasteiger charge is 2.19. The Kier molecular flexibility index (Phi) is 4.53. The van der Waals surface area contributed by atoms with Gasteiger partial charge in [-0.15, -0.1) is 0 Å². The molecule has 0 atom stereocenters. The average Bonchev–Trinajstić information content (AvgIpc) is 2.44. The molecule has 21 heavy (non-hydrogen) atoms. The summed E-state index contributed by atoms with van der Waals surface area (Å²) in [5, 5.41) is 3.07. The van der Waals surface area contributed by atoms with Crippen molar-refractivity contribution in [2.75, 3.05) is 16.6 Å². The summed E-state index contributed by atoms with van der Waals surface area (Å²) in [6, 6.07) is 12.5. The Hall–Kier alpha value is -2.01. The fraction of sp³-hybridized carbons (Fsp3) is 0.250. The number of hydrogen-bond acceptors (Lipinski definition) is 3. The van der Waals surface area contributed by atoms with Gasteiger partial charge in [0, 0.05) is 6.54 Å². The lowest BCUT2D eigenvalue weighted by Gasteiger charge is -2.15. The minimum absolute atomic E-state index is 0.257. The molecule has 2 N–H and O–H groups in total. The summed E-state index contributed by atoms with van der Waals surface area (Å²) in [6.07, 6.45) is 0. The van der Waals surface area contributed by atoms with Crippen LogP contribution in [0.2, 0.25) is 0 Å². The van der Waals surface area contributed by atoms with E-state index in [1.807, 2.05) is 39.0 Å². The lowest BCUT2D eigenvalue weighted by molar-refractivity contribution is 0.601.